The molecule has 0 unspecified atom stereocenters. The molecule has 0 spiro atoms. The number of thioether (sulfide) groups is 1. The highest BCUT2D eigenvalue weighted by Gasteiger charge is 2.18. The first kappa shape index (κ1) is 21.8. The number of nitrogens with zero attached hydrogens (tertiary/aromatic N) is 2. The van der Waals surface area contributed by atoms with Crippen LogP contribution in [0.15, 0.2) is 59.6 Å². The smallest absolute Gasteiger partial charge is 0.242 e. The Balaban J connectivity index is 1.44. The normalized spacial score (nSPS) is 14.4. The topological polar surface area (TPSA) is 54.3 Å². The zero-order valence-electron chi connectivity index (χ0n) is 17.4. The summed E-state index contributed by atoms with van der Waals surface area (Å²) in [5.74, 6) is 0.350. The van der Waals surface area contributed by atoms with Crippen molar-refractivity contribution in [2.75, 3.05) is 24.2 Å². The van der Waals surface area contributed by atoms with Crippen molar-refractivity contribution in [3.05, 3.63) is 59.8 Å². The molecular weight excluding hydrogens is 430 g/mol. The number of likely N-dealkylation sites (tertiary alicyclic amines) is 1. The van der Waals surface area contributed by atoms with Crippen LogP contribution in [0.2, 0.25) is 5.02 Å². The number of fused-ring (bicyclic) bond motifs is 1. The molecule has 5 nitrogen and oxygen atoms in total. The quantitative estimate of drug-likeness (QED) is 0.504. The van der Waals surface area contributed by atoms with Crippen molar-refractivity contribution < 1.29 is 9.59 Å². The van der Waals surface area contributed by atoms with E-state index < -0.39 is 0 Å². The van der Waals surface area contributed by atoms with Crippen LogP contribution in [0.5, 0.6) is 0 Å². The lowest BCUT2D eigenvalue weighted by Gasteiger charge is -2.20. The van der Waals surface area contributed by atoms with Gasteiger partial charge < -0.3 is 14.8 Å². The molecule has 0 atom stereocenters. The van der Waals surface area contributed by atoms with Gasteiger partial charge in [0.25, 0.3) is 0 Å². The summed E-state index contributed by atoms with van der Waals surface area (Å²) in [6.07, 6.45) is 6.57. The molecule has 3 aromatic rings. The number of anilines is 1. The Kier molecular flexibility index (Phi) is 7.20. The summed E-state index contributed by atoms with van der Waals surface area (Å²) < 4.78 is 2.01. The Morgan fingerprint density at radius 2 is 1.77 bits per heavy atom. The third-order valence-electron chi connectivity index (χ3n) is 5.48. The van der Waals surface area contributed by atoms with Gasteiger partial charge in [-0.15, -0.1) is 11.8 Å². The van der Waals surface area contributed by atoms with E-state index in [2.05, 4.69) is 5.32 Å². The van der Waals surface area contributed by atoms with Gasteiger partial charge in [-0.05, 0) is 37.1 Å². The van der Waals surface area contributed by atoms with Crippen molar-refractivity contribution in [2.45, 2.75) is 37.1 Å². The van der Waals surface area contributed by atoms with E-state index in [1.807, 2.05) is 46.0 Å². The predicted octanol–water partition coefficient (Wildman–Crippen LogP) is 5.43. The number of halogens is 1. The number of para-hydroxylation sites is 1. The molecule has 2 heterocycles. The third-order valence-corrected chi connectivity index (χ3v) is 6.76. The number of hydrogen-bond acceptors (Lipinski definition) is 3. The number of amides is 2. The number of aromatic nitrogens is 1. The molecule has 1 aliphatic heterocycles. The summed E-state index contributed by atoms with van der Waals surface area (Å²) in [7, 11) is 0. The predicted molar refractivity (Wildman–Crippen MR) is 128 cm³/mol. The Morgan fingerprint density at radius 3 is 2.55 bits per heavy atom. The first-order valence-corrected chi connectivity index (χ1v) is 12.0. The van der Waals surface area contributed by atoms with Crippen LogP contribution in [0, 0.1) is 0 Å². The highest BCUT2D eigenvalue weighted by atomic mass is 35.5. The number of nitrogens with one attached hydrogen (secondary N) is 1. The van der Waals surface area contributed by atoms with Gasteiger partial charge in [-0.3, -0.25) is 9.59 Å². The van der Waals surface area contributed by atoms with E-state index in [4.69, 9.17) is 11.6 Å². The zero-order chi connectivity index (χ0) is 21.6. The number of rotatable bonds is 6. The maximum atomic E-state index is 12.9. The second kappa shape index (κ2) is 10.2. The fourth-order valence-electron chi connectivity index (χ4n) is 3.93. The molecule has 1 aromatic heterocycles. The van der Waals surface area contributed by atoms with Gasteiger partial charge in [-0.25, -0.2) is 0 Å². The minimum atomic E-state index is -0.0928. The summed E-state index contributed by atoms with van der Waals surface area (Å²) in [6.45, 7) is 2.03. The lowest BCUT2D eigenvalue weighted by atomic mass is 10.2. The van der Waals surface area contributed by atoms with Crippen LogP contribution in [0.25, 0.3) is 10.9 Å². The highest BCUT2D eigenvalue weighted by molar-refractivity contribution is 8.00. The Bertz CT molecular complexity index is 1070. The van der Waals surface area contributed by atoms with Gasteiger partial charge in [0, 0.05) is 45.8 Å². The van der Waals surface area contributed by atoms with E-state index in [-0.39, 0.29) is 17.6 Å². The minimum Gasteiger partial charge on any atom is -0.341 e. The highest BCUT2D eigenvalue weighted by Crippen LogP contribution is 2.30. The van der Waals surface area contributed by atoms with Gasteiger partial charge in [0.05, 0.1) is 5.75 Å². The lowest BCUT2D eigenvalue weighted by Crippen LogP contribution is -2.34. The molecule has 7 heteroatoms. The fourth-order valence-corrected chi connectivity index (χ4v) is 5.01. The van der Waals surface area contributed by atoms with Crippen LogP contribution in [-0.4, -0.2) is 40.1 Å². The van der Waals surface area contributed by atoms with Crippen LogP contribution >= 0.6 is 23.4 Å². The maximum absolute atomic E-state index is 12.9. The Morgan fingerprint density at radius 1 is 1.00 bits per heavy atom. The third kappa shape index (κ3) is 5.63. The second-order valence-electron chi connectivity index (χ2n) is 7.78. The molecule has 162 valence electrons. The van der Waals surface area contributed by atoms with Gasteiger partial charge in [-0.2, -0.15) is 0 Å². The van der Waals surface area contributed by atoms with E-state index in [1.54, 1.807) is 18.2 Å². The van der Waals surface area contributed by atoms with E-state index in [0.29, 0.717) is 17.3 Å². The average molecular weight is 456 g/mol. The molecule has 1 fully saturated rings. The number of carbonyl (C=O) groups is 2. The Hall–Kier alpha value is -2.44. The molecule has 0 saturated carbocycles. The first-order valence-electron chi connectivity index (χ1n) is 10.6. The SMILES string of the molecule is O=C(CSc1cn(CC(=O)N2CCCCCC2)c2ccccc12)Nc1cccc(Cl)c1. The minimum absolute atomic E-state index is 0.0928. The molecular formula is C24H26ClN3O2S. The Labute approximate surface area is 191 Å². The number of hydrogen-bond donors (Lipinski definition) is 1. The van der Waals surface area contributed by atoms with Crippen molar-refractivity contribution in [1.82, 2.24) is 9.47 Å². The van der Waals surface area contributed by atoms with Gasteiger partial charge >= 0.3 is 0 Å². The summed E-state index contributed by atoms with van der Waals surface area (Å²) >= 11 is 7.46. The molecule has 4 rings (SSSR count). The monoisotopic (exact) mass is 455 g/mol. The lowest BCUT2D eigenvalue weighted by molar-refractivity contribution is -0.131. The van der Waals surface area contributed by atoms with E-state index in [9.17, 15) is 9.59 Å². The number of benzene rings is 2. The van der Waals surface area contributed by atoms with E-state index >= 15 is 0 Å². The van der Waals surface area contributed by atoms with Gasteiger partial charge in [0.15, 0.2) is 0 Å². The van der Waals surface area contributed by atoms with Crippen molar-refractivity contribution in [3.63, 3.8) is 0 Å². The standard InChI is InChI=1S/C24H26ClN3O2S/c25-18-8-7-9-19(14-18)26-23(29)17-31-22-15-28(21-11-4-3-10-20(21)22)16-24(30)27-12-5-1-2-6-13-27/h3-4,7-11,14-15H,1-2,5-6,12-13,16-17H2,(H,26,29). The van der Waals surface area contributed by atoms with Crippen molar-refractivity contribution >= 4 is 51.8 Å². The molecule has 0 radical (unpaired) electrons. The maximum Gasteiger partial charge on any atom is 0.242 e. The van der Waals surface area contributed by atoms with Crippen molar-refractivity contribution in [3.8, 4) is 0 Å². The van der Waals surface area contributed by atoms with Gasteiger partial charge in [0.2, 0.25) is 11.8 Å². The molecule has 2 aromatic carbocycles. The molecule has 1 N–H and O–H groups in total. The van der Waals surface area contributed by atoms with Crippen LogP contribution in [-0.2, 0) is 16.1 Å². The van der Waals surface area contributed by atoms with E-state index in [1.165, 1.54) is 24.6 Å². The summed E-state index contributed by atoms with van der Waals surface area (Å²) in [5.41, 5.74) is 1.70. The largest absolute Gasteiger partial charge is 0.341 e. The molecule has 1 aliphatic rings. The summed E-state index contributed by atoms with van der Waals surface area (Å²) in [6, 6.07) is 15.2. The van der Waals surface area contributed by atoms with Crippen LogP contribution in [0.4, 0.5) is 5.69 Å². The molecule has 0 bridgehead atoms. The first-order chi connectivity index (χ1) is 15.1. The summed E-state index contributed by atoms with van der Waals surface area (Å²) in [5, 5.41) is 4.52. The zero-order valence-corrected chi connectivity index (χ0v) is 18.9. The van der Waals surface area contributed by atoms with Crippen molar-refractivity contribution in [2.24, 2.45) is 0 Å². The van der Waals surface area contributed by atoms with Crippen molar-refractivity contribution in [1.29, 1.82) is 0 Å². The van der Waals surface area contributed by atoms with Crippen LogP contribution < -0.4 is 5.32 Å². The fraction of sp³-hybridized carbons (Fsp3) is 0.333. The molecule has 2 amide bonds. The van der Waals surface area contributed by atoms with Crippen LogP contribution in [0.1, 0.15) is 25.7 Å². The number of carbonyl (C=O) groups excluding carboxylic acids is 2. The van der Waals surface area contributed by atoms with Crippen LogP contribution in [0.3, 0.4) is 0 Å². The average Bonchev–Trinajstić information content (AvgIpc) is 2.92. The molecule has 1 saturated heterocycles. The van der Waals surface area contributed by atoms with Gasteiger partial charge in [-0.1, -0.05) is 48.7 Å². The molecule has 31 heavy (non-hydrogen) atoms. The van der Waals surface area contributed by atoms with E-state index in [0.717, 1.165) is 41.7 Å². The second-order valence-corrected chi connectivity index (χ2v) is 9.23. The van der Waals surface area contributed by atoms with Gasteiger partial charge in [0.1, 0.15) is 6.54 Å². The molecule has 0 aliphatic carbocycles. The summed E-state index contributed by atoms with van der Waals surface area (Å²) in [4.78, 5) is 28.3.